The van der Waals surface area contributed by atoms with Gasteiger partial charge in [-0.1, -0.05) is 0 Å². The number of nitrogens with zero attached hydrogens (tertiary/aromatic N) is 1. The van der Waals surface area contributed by atoms with Gasteiger partial charge in [0.15, 0.2) is 0 Å². The second-order valence-electron chi connectivity index (χ2n) is 4.38. The molecule has 0 amide bonds. The molecule has 0 bridgehead atoms. The van der Waals surface area contributed by atoms with Crippen LogP contribution in [0.3, 0.4) is 0 Å². The van der Waals surface area contributed by atoms with E-state index in [4.69, 9.17) is 0 Å². The Balaban J connectivity index is 4.58. The highest BCUT2D eigenvalue weighted by atomic mass is 32.2. The summed E-state index contributed by atoms with van der Waals surface area (Å²) in [6, 6.07) is -0.694. The monoisotopic (exact) mass is 290 g/mol. The van der Waals surface area contributed by atoms with Gasteiger partial charge in [-0.15, -0.1) is 0 Å². The summed E-state index contributed by atoms with van der Waals surface area (Å²) < 4.78 is 61.1. The Morgan fingerprint density at radius 2 is 1.78 bits per heavy atom. The minimum Gasteiger partial charge on any atom is -0.320 e. The van der Waals surface area contributed by atoms with Crippen LogP contribution in [-0.2, 0) is 10.0 Å². The fourth-order valence-electron chi connectivity index (χ4n) is 1.48. The van der Waals surface area contributed by atoms with Gasteiger partial charge < -0.3 is 5.32 Å². The van der Waals surface area contributed by atoms with Crippen LogP contribution in [0, 0.1) is 0 Å². The third kappa shape index (κ3) is 7.17. The van der Waals surface area contributed by atoms with Crippen LogP contribution in [0.1, 0.15) is 26.7 Å². The first kappa shape index (κ1) is 17.7. The second kappa shape index (κ2) is 7.30. The molecule has 0 saturated heterocycles. The SMILES string of the molecule is CNCCCCS(=O)(=O)N(CC(F)(F)F)C(C)C. The van der Waals surface area contributed by atoms with E-state index >= 15 is 0 Å². The van der Waals surface area contributed by atoms with Gasteiger partial charge in [0.1, 0.15) is 6.54 Å². The first-order valence-corrected chi connectivity index (χ1v) is 7.42. The third-order valence-corrected chi connectivity index (χ3v) is 4.42. The molecule has 4 nitrogen and oxygen atoms in total. The number of halogens is 3. The zero-order chi connectivity index (χ0) is 14.4. The maximum absolute atomic E-state index is 12.3. The van der Waals surface area contributed by atoms with Gasteiger partial charge in [-0.25, -0.2) is 8.42 Å². The molecular formula is C10H21F3N2O2S. The number of rotatable bonds is 8. The van der Waals surface area contributed by atoms with E-state index in [2.05, 4.69) is 5.32 Å². The van der Waals surface area contributed by atoms with Crippen LogP contribution in [0.4, 0.5) is 13.2 Å². The van der Waals surface area contributed by atoms with Gasteiger partial charge in [0.05, 0.1) is 5.75 Å². The van der Waals surface area contributed by atoms with Gasteiger partial charge in [-0.2, -0.15) is 17.5 Å². The summed E-state index contributed by atoms with van der Waals surface area (Å²) in [5, 5.41) is 2.86. The Morgan fingerprint density at radius 3 is 2.17 bits per heavy atom. The van der Waals surface area contributed by atoms with Crippen molar-refractivity contribution in [2.75, 3.05) is 25.9 Å². The highest BCUT2D eigenvalue weighted by molar-refractivity contribution is 7.89. The lowest BCUT2D eigenvalue weighted by atomic mass is 10.3. The lowest BCUT2D eigenvalue weighted by molar-refractivity contribution is -0.138. The number of nitrogens with one attached hydrogen (secondary N) is 1. The fourth-order valence-corrected chi connectivity index (χ4v) is 3.27. The van der Waals surface area contributed by atoms with Crippen molar-refractivity contribution >= 4 is 10.0 Å². The van der Waals surface area contributed by atoms with Gasteiger partial charge in [0.25, 0.3) is 0 Å². The van der Waals surface area contributed by atoms with Gasteiger partial charge in [-0.05, 0) is 40.3 Å². The van der Waals surface area contributed by atoms with Crippen LogP contribution in [0.25, 0.3) is 0 Å². The second-order valence-corrected chi connectivity index (χ2v) is 6.42. The normalized spacial score (nSPS) is 13.6. The highest BCUT2D eigenvalue weighted by Crippen LogP contribution is 2.21. The molecule has 0 aromatic carbocycles. The molecule has 1 N–H and O–H groups in total. The minimum atomic E-state index is -4.51. The van der Waals surface area contributed by atoms with E-state index in [1.165, 1.54) is 13.8 Å². The lowest BCUT2D eigenvalue weighted by Crippen LogP contribution is -2.44. The van der Waals surface area contributed by atoms with E-state index in [0.29, 0.717) is 23.7 Å². The first-order chi connectivity index (χ1) is 8.10. The molecular weight excluding hydrogens is 269 g/mol. The maximum Gasteiger partial charge on any atom is 0.402 e. The van der Waals surface area contributed by atoms with Crippen LogP contribution in [-0.4, -0.2) is 50.8 Å². The highest BCUT2D eigenvalue weighted by Gasteiger charge is 2.37. The molecule has 8 heteroatoms. The predicted octanol–water partition coefficient (Wildman–Crippen LogP) is 1.59. The summed E-state index contributed by atoms with van der Waals surface area (Å²) in [5.41, 5.74) is 0. The van der Waals surface area contributed by atoms with Crippen molar-refractivity contribution in [3.05, 3.63) is 0 Å². The van der Waals surface area contributed by atoms with Gasteiger partial charge in [0.2, 0.25) is 10.0 Å². The Hall–Kier alpha value is -0.340. The number of hydrogen-bond acceptors (Lipinski definition) is 3. The zero-order valence-corrected chi connectivity index (χ0v) is 11.7. The summed E-state index contributed by atoms with van der Waals surface area (Å²) in [5.74, 6) is -0.247. The maximum atomic E-state index is 12.3. The van der Waals surface area contributed by atoms with Crippen LogP contribution >= 0.6 is 0 Å². The smallest absolute Gasteiger partial charge is 0.320 e. The van der Waals surface area contributed by atoms with Crippen molar-refractivity contribution in [3.8, 4) is 0 Å². The number of sulfonamides is 1. The van der Waals surface area contributed by atoms with E-state index in [0.717, 1.165) is 0 Å². The predicted molar refractivity (Wildman–Crippen MR) is 64.8 cm³/mol. The van der Waals surface area contributed by atoms with Crippen LogP contribution in [0.15, 0.2) is 0 Å². The minimum absolute atomic E-state index is 0.247. The standard InChI is InChI=1S/C10H21F3N2O2S/c1-9(2)15(8-10(11,12)13)18(16,17)7-5-4-6-14-3/h9,14H,4-8H2,1-3H3. The van der Waals surface area contributed by atoms with Crippen LogP contribution in [0.5, 0.6) is 0 Å². The average molecular weight is 290 g/mol. The molecule has 0 heterocycles. The molecule has 0 aromatic heterocycles. The molecule has 110 valence electrons. The Bertz CT molecular complexity index is 329. The summed E-state index contributed by atoms with van der Waals surface area (Å²) >= 11 is 0. The van der Waals surface area contributed by atoms with Gasteiger partial charge >= 0.3 is 6.18 Å². The van der Waals surface area contributed by atoms with Gasteiger partial charge in [-0.3, -0.25) is 0 Å². The van der Waals surface area contributed by atoms with Crippen molar-refractivity contribution in [2.45, 2.75) is 38.9 Å². The van der Waals surface area contributed by atoms with Crippen molar-refractivity contribution in [1.82, 2.24) is 9.62 Å². The summed E-state index contributed by atoms with van der Waals surface area (Å²) in [4.78, 5) is 0. The first-order valence-electron chi connectivity index (χ1n) is 5.81. The molecule has 0 spiro atoms. The third-order valence-electron chi connectivity index (χ3n) is 2.35. The average Bonchev–Trinajstić information content (AvgIpc) is 2.19. The number of hydrogen-bond donors (Lipinski definition) is 1. The summed E-state index contributed by atoms with van der Waals surface area (Å²) in [7, 11) is -2.12. The summed E-state index contributed by atoms with van der Waals surface area (Å²) in [6.45, 7) is 2.11. The van der Waals surface area contributed by atoms with E-state index in [1.54, 1.807) is 7.05 Å². The molecule has 0 saturated carbocycles. The Labute approximate surface area is 107 Å². The lowest BCUT2D eigenvalue weighted by Gasteiger charge is -2.26. The molecule has 0 atom stereocenters. The quantitative estimate of drug-likeness (QED) is 0.691. The molecule has 0 aromatic rings. The number of alkyl halides is 3. The molecule has 0 fully saturated rings. The van der Waals surface area contributed by atoms with Crippen LogP contribution in [0.2, 0.25) is 0 Å². The van der Waals surface area contributed by atoms with E-state index in [-0.39, 0.29) is 5.75 Å². The largest absolute Gasteiger partial charge is 0.402 e. The van der Waals surface area contributed by atoms with Crippen molar-refractivity contribution in [2.24, 2.45) is 0 Å². The summed E-state index contributed by atoms with van der Waals surface area (Å²) in [6.07, 6.45) is -3.54. The Morgan fingerprint density at radius 1 is 1.22 bits per heavy atom. The van der Waals surface area contributed by atoms with E-state index in [9.17, 15) is 21.6 Å². The van der Waals surface area contributed by atoms with E-state index < -0.39 is 28.8 Å². The molecule has 0 rings (SSSR count). The number of unbranched alkanes of at least 4 members (excludes halogenated alkanes) is 1. The van der Waals surface area contributed by atoms with Crippen molar-refractivity contribution in [1.29, 1.82) is 0 Å². The van der Waals surface area contributed by atoms with Crippen molar-refractivity contribution < 1.29 is 21.6 Å². The molecule has 0 aliphatic heterocycles. The fraction of sp³-hybridized carbons (Fsp3) is 1.00. The molecule has 0 aliphatic rings. The molecule has 18 heavy (non-hydrogen) atoms. The van der Waals surface area contributed by atoms with Crippen LogP contribution < -0.4 is 5.32 Å². The van der Waals surface area contributed by atoms with Crippen molar-refractivity contribution in [3.63, 3.8) is 0 Å². The molecule has 0 radical (unpaired) electrons. The molecule has 0 aliphatic carbocycles. The van der Waals surface area contributed by atoms with Gasteiger partial charge in [0, 0.05) is 6.04 Å². The molecule has 0 unspecified atom stereocenters. The Kier molecular flexibility index (Phi) is 7.16. The topological polar surface area (TPSA) is 49.4 Å². The zero-order valence-electron chi connectivity index (χ0n) is 10.9. The van der Waals surface area contributed by atoms with E-state index in [1.807, 2.05) is 0 Å².